The Bertz CT molecular complexity index is 1040. The van der Waals surface area contributed by atoms with E-state index < -0.39 is 11.7 Å². The molecule has 0 unspecified atom stereocenters. The molecule has 0 aliphatic carbocycles. The van der Waals surface area contributed by atoms with Crippen LogP contribution in [0.4, 0.5) is 13.2 Å². The number of pyridine rings is 1. The van der Waals surface area contributed by atoms with Crippen LogP contribution in [0.25, 0.3) is 22.4 Å². The van der Waals surface area contributed by atoms with Crippen LogP contribution in [0.3, 0.4) is 0 Å². The van der Waals surface area contributed by atoms with Crippen LogP contribution in [0.15, 0.2) is 30.6 Å². The second kappa shape index (κ2) is 7.33. The lowest BCUT2D eigenvalue weighted by Gasteiger charge is -2.30. The van der Waals surface area contributed by atoms with E-state index in [9.17, 15) is 13.2 Å². The number of rotatable bonds is 3. The van der Waals surface area contributed by atoms with Gasteiger partial charge < -0.3 is 14.2 Å². The van der Waals surface area contributed by atoms with Crippen LogP contribution in [0.5, 0.6) is 5.75 Å². The molecule has 0 bridgehead atoms. The molecule has 3 aromatic rings. The molecule has 2 aromatic heterocycles. The molecule has 1 aliphatic rings. The van der Waals surface area contributed by atoms with Crippen molar-refractivity contribution in [3.8, 4) is 17.0 Å². The molecule has 5 nitrogen and oxygen atoms in total. The fourth-order valence-corrected chi connectivity index (χ4v) is 4.12. The zero-order valence-corrected chi connectivity index (χ0v) is 16.6. The number of benzene rings is 1. The Morgan fingerprint density at radius 2 is 2.00 bits per heavy atom. The number of methoxy groups -OCH3 is 1. The van der Waals surface area contributed by atoms with Gasteiger partial charge in [0.15, 0.2) is 5.65 Å². The average Bonchev–Trinajstić information content (AvgIpc) is 3.09. The number of fused-ring (bicyclic) bond motifs is 1. The van der Waals surface area contributed by atoms with Gasteiger partial charge in [-0.15, -0.1) is 0 Å². The number of piperidine rings is 1. The summed E-state index contributed by atoms with van der Waals surface area (Å²) in [4.78, 5) is 11.4. The first kappa shape index (κ1) is 19.7. The molecule has 1 aliphatic heterocycles. The van der Waals surface area contributed by atoms with Crippen molar-refractivity contribution in [2.24, 2.45) is 0 Å². The van der Waals surface area contributed by atoms with E-state index in [4.69, 9.17) is 4.74 Å². The molecule has 154 valence electrons. The third-order valence-electron chi connectivity index (χ3n) is 5.53. The van der Waals surface area contributed by atoms with Gasteiger partial charge in [0.05, 0.1) is 30.2 Å². The summed E-state index contributed by atoms with van der Waals surface area (Å²) in [5.74, 6) is 0.150. The van der Waals surface area contributed by atoms with E-state index in [1.54, 1.807) is 6.92 Å². The number of ether oxygens (including phenoxy) is 1. The van der Waals surface area contributed by atoms with Gasteiger partial charge in [0.25, 0.3) is 0 Å². The van der Waals surface area contributed by atoms with E-state index >= 15 is 0 Å². The van der Waals surface area contributed by atoms with Gasteiger partial charge in [0, 0.05) is 18.2 Å². The minimum atomic E-state index is -4.43. The minimum Gasteiger partial charge on any atom is -0.496 e. The Hall–Kier alpha value is -2.61. The largest absolute Gasteiger partial charge is 0.496 e. The SMILES string of the molecule is COc1cc(C(F)(F)F)cc(C)c1-c1ccc2c(ncn2[C@@H]2CCCN(C)C2)n1. The highest BCUT2D eigenvalue weighted by Crippen LogP contribution is 2.39. The van der Waals surface area contributed by atoms with Crippen molar-refractivity contribution in [1.29, 1.82) is 0 Å². The molecule has 29 heavy (non-hydrogen) atoms. The molecule has 8 heteroatoms. The fraction of sp³-hybridized carbons (Fsp3) is 0.429. The van der Waals surface area contributed by atoms with Crippen LogP contribution in [-0.4, -0.2) is 46.7 Å². The Morgan fingerprint density at radius 1 is 1.21 bits per heavy atom. The lowest BCUT2D eigenvalue weighted by Crippen LogP contribution is -2.33. The number of aromatic nitrogens is 3. The van der Waals surface area contributed by atoms with Gasteiger partial charge >= 0.3 is 6.18 Å². The smallest absolute Gasteiger partial charge is 0.416 e. The summed E-state index contributed by atoms with van der Waals surface area (Å²) < 4.78 is 46.9. The number of imidazole rings is 1. The van der Waals surface area contributed by atoms with Gasteiger partial charge in [-0.3, -0.25) is 0 Å². The zero-order chi connectivity index (χ0) is 20.8. The monoisotopic (exact) mass is 404 g/mol. The van der Waals surface area contributed by atoms with Gasteiger partial charge in [-0.05, 0) is 63.2 Å². The fourth-order valence-electron chi connectivity index (χ4n) is 4.12. The quantitative estimate of drug-likeness (QED) is 0.635. The molecule has 1 aromatic carbocycles. The predicted molar refractivity (Wildman–Crippen MR) is 105 cm³/mol. The summed E-state index contributed by atoms with van der Waals surface area (Å²) in [7, 11) is 3.48. The molecule has 4 rings (SSSR count). The number of likely N-dealkylation sites (tertiary alicyclic amines) is 1. The van der Waals surface area contributed by atoms with E-state index in [1.807, 2.05) is 18.5 Å². The second-order valence-electron chi connectivity index (χ2n) is 7.62. The molecule has 3 heterocycles. The number of nitrogens with zero attached hydrogens (tertiary/aromatic N) is 4. The minimum absolute atomic E-state index is 0.150. The predicted octanol–water partition coefficient (Wildman–Crippen LogP) is 4.70. The summed E-state index contributed by atoms with van der Waals surface area (Å²) in [5, 5.41) is 0. The summed E-state index contributed by atoms with van der Waals surface area (Å²) in [6.07, 6.45) is -0.403. The first-order valence-electron chi connectivity index (χ1n) is 9.56. The molecule has 0 saturated carbocycles. The molecular weight excluding hydrogens is 381 g/mol. The number of hydrogen-bond donors (Lipinski definition) is 0. The molecule has 0 radical (unpaired) electrons. The standard InChI is InChI=1S/C21H23F3N4O/c1-13-9-14(21(22,23)24)10-18(29-3)19(13)16-6-7-17-20(26-16)25-12-28(17)15-5-4-8-27(2)11-15/h6-7,9-10,12,15H,4-5,8,11H2,1-3H3/t15-/m1/s1. The maximum Gasteiger partial charge on any atom is 0.416 e. The van der Waals surface area contributed by atoms with Crippen molar-refractivity contribution >= 4 is 11.2 Å². The van der Waals surface area contributed by atoms with Crippen molar-refractivity contribution in [2.75, 3.05) is 27.2 Å². The molecule has 1 saturated heterocycles. The first-order chi connectivity index (χ1) is 13.8. The maximum absolute atomic E-state index is 13.1. The molecule has 1 fully saturated rings. The van der Waals surface area contributed by atoms with Crippen molar-refractivity contribution < 1.29 is 17.9 Å². The summed E-state index contributed by atoms with van der Waals surface area (Å²) in [6, 6.07) is 6.25. The van der Waals surface area contributed by atoms with E-state index in [-0.39, 0.29) is 5.75 Å². The van der Waals surface area contributed by atoms with Crippen LogP contribution in [-0.2, 0) is 6.18 Å². The van der Waals surface area contributed by atoms with Gasteiger partial charge in [0.2, 0.25) is 0 Å². The Kier molecular flexibility index (Phi) is 4.98. The number of hydrogen-bond acceptors (Lipinski definition) is 4. The van der Waals surface area contributed by atoms with Crippen molar-refractivity contribution in [3.63, 3.8) is 0 Å². The van der Waals surface area contributed by atoms with Crippen molar-refractivity contribution in [2.45, 2.75) is 32.0 Å². The van der Waals surface area contributed by atoms with Gasteiger partial charge in [-0.25, -0.2) is 9.97 Å². The molecule has 0 spiro atoms. The molecular formula is C21H23F3N4O. The molecule has 0 N–H and O–H groups in total. The topological polar surface area (TPSA) is 43.2 Å². The third kappa shape index (κ3) is 3.69. The van der Waals surface area contributed by atoms with E-state index in [0.29, 0.717) is 28.5 Å². The summed E-state index contributed by atoms with van der Waals surface area (Å²) in [5.41, 5.74) is 2.33. The number of alkyl halides is 3. The van der Waals surface area contributed by atoms with Crippen molar-refractivity contribution in [1.82, 2.24) is 19.4 Å². The van der Waals surface area contributed by atoms with Gasteiger partial charge in [-0.2, -0.15) is 13.2 Å². The number of aryl methyl sites for hydroxylation is 1. The first-order valence-corrected chi connectivity index (χ1v) is 9.56. The third-order valence-corrected chi connectivity index (χ3v) is 5.53. The van der Waals surface area contributed by atoms with E-state index in [0.717, 1.165) is 43.6 Å². The van der Waals surface area contributed by atoms with Crippen molar-refractivity contribution in [3.05, 3.63) is 41.7 Å². The summed E-state index contributed by atoms with van der Waals surface area (Å²) >= 11 is 0. The van der Waals surface area contributed by atoms with Crippen LogP contribution in [0, 0.1) is 6.92 Å². The summed E-state index contributed by atoms with van der Waals surface area (Å²) in [6.45, 7) is 3.69. The highest BCUT2D eigenvalue weighted by molar-refractivity contribution is 5.79. The normalized spacial score (nSPS) is 18.3. The van der Waals surface area contributed by atoms with Crippen LogP contribution < -0.4 is 4.74 Å². The van der Waals surface area contributed by atoms with Crippen LogP contribution >= 0.6 is 0 Å². The average molecular weight is 404 g/mol. The lowest BCUT2D eigenvalue weighted by molar-refractivity contribution is -0.137. The highest BCUT2D eigenvalue weighted by atomic mass is 19.4. The molecule has 1 atom stereocenters. The zero-order valence-electron chi connectivity index (χ0n) is 16.6. The Balaban J connectivity index is 1.76. The van der Waals surface area contributed by atoms with Crippen LogP contribution in [0.1, 0.15) is 30.0 Å². The maximum atomic E-state index is 13.1. The highest BCUT2D eigenvalue weighted by Gasteiger charge is 2.32. The van der Waals surface area contributed by atoms with E-state index in [2.05, 4.69) is 26.5 Å². The number of halogens is 3. The Labute approximate surface area is 167 Å². The van der Waals surface area contributed by atoms with Gasteiger partial charge in [-0.1, -0.05) is 0 Å². The molecule has 0 amide bonds. The van der Waals surface area contributed by atoms with E-state index in [1.165, 1.54) is 7.11 Å². The number of likely N-dealkylation sites (N-methyl/N-ethyl adjacent to an activating group) is 1. The van der Waals surface area contributed by atoms with Crippen LogP contribution in [0.2, 0.25) is 0 Å². The van der Waals surface area contributed by atoms with Gasteiger partial charge in [0.1, 0.15) is 5.75 Å². The lowest BCUT2D eigenvalue weighted by atomic mass is 10.00. The Morgan fingerprint density at radius 3 is 2.69 bits per heavy atom. The second-order valence-corrected chi connectivity index (χ2v) is 7.62.